The summed E-state index contributed by atoms with van der Waals surface area (Å²) in [5.74, 6) is 0.499. The van der Waals surface area contributed by atoms with Gasteiger partial charge in [0, 0.05) is 6.04 Å². The molecule has 1 fully saturated rings. The summed E-state index contributed by atoms with van der Waals surface area (Å²) in [5.41, 5.74) is 2.12. The number of ether oxygens (including phenoxy) is 1. The highest BCUT2D eigenvalue weighted by Crippen LogP contribution is 2.41. The van der Waals surface area contributed by atoms with E-state index in [0.717, 1.165) is 29.7 Å². The van der Waals surface area contributed by atoms with Crippen LogP contribution >= 0.6 is 0 Å². The minimum absolute atomic E-state index is 0.142. The molecule has 112 valence electrons. The van der Waals surface area contributed by atoms with Gasteiger partial charge in [-0.2, -0.15) is 0 Å². The van der Waals surface area contributed by atoms with E-state index >= 15 is 0 Å². The minimum Gasteiger partial charge on any atom is -0.465 e. The third kappa shape index (κ3) is 2.67. The first kappa shape index (κ1) is 14.1. The highest BCUT2D eigenvalue weighted by atomic mass is 16.5. The van der Waals surface area contributed by atoms with E-state index in [1.165, 1.54) is 12.8 Å². The number of esters is 1. The zero-order valence-electron chi connectivity index (χ0n) is 12.7. The third-order valence-electron chi connectivity index (χ3n) is 4.00. The molecule has 1 unspecified atom stereocenters. The maximum atomic E-state index is 12.3. The number of fused-ring (bicyclic) bond motifs is 1. The van der Waals surface area contributed by atoms with Gasteiger partial charge in [0.05, 0.1) is 17.6 Å². The van der Waals surface area contributed by atoms with Crippen molar-refractivity contribution in [2.45, 2.75) is 51.5 Å². The average molecular weight is 286 g/mol. The normalized spacial score (nSPS) is 16.1. The Balaban J connectivity index is 2.07. The minimum atomic E-state index is -0.247. The standard InChI is InChI=1S/C17H22N2O2/c1-3-7-13(17(20)21-4-2)16-18-14-8-5-6-9-15(14)19(16)12-10-11-12/h5-6,8-9,12-13H,3-4,7,10-11H2,1-2H3. The van der Waals surface area contributed by atoms with Gasteiger partial charge in [-0.05, 0) is 38.3 Å². The van der Waals surface area contributed by atoms with Crippen LogP contribution in [0.5, 0.6) is 0 Å². The Morgan fingerprint density at radius 2 is 2.14 bits per heavy atom. The molecule has 1 heterocycles. The second kappa shape index (κ2) is 5.88. The van der Waals surface area contributed by atoms with Crippen LogP contribution in [0.1, 0.15) is 57.3 Å². The van der Waals surface area contributed by atoms with Gasteiger partial charge in [-0.25, -0.2) is 4.98 Å². The van der Waals surface area contributed by atoms with Gasteiger partial charge in [0.2, 0.25) is 0 Å². The molecule has 4 heteroatoms. The SMILES string of the molecule is CCCC(C(=O)OCC)c1nc2ccccc2n1C1CC1. The Hall–Kier alpha value is -1.84. The van der Waals surface area contributed by atoms with Crippen LogP contribution in [0.4, 0.5) is 0 Å². The van der Waals surface area contributed by atoms with Crippen molar-refractivity contribution in [2.24, 2.45) is 0 Å². The summed E-state index contributed by atoms with van der Waals surface area (Å²) in [7, 11) is 0. The molecule has 0 spiro atoms. The van der Waals surface area contributed by atoms with Crippen LogP contribution in [0.25, 0.3) is 11.0 Å². The fourth-order valence-electron chi connectivity index (χ4n) is 2.91. The topological polar surface area (TPSA) is 44.1 Å². The van der Waals surface area contributed by atoms with E-state index in [2.05, 4.69) is 17.6 Å². The molecule has 1 aliphatic carbocycles. The van der Waals surface area contributed by atoms with Gasteiger partial charge in [0.15, 0.2) is 0 Å². The molecule has 1 aromatic heterocycles. The summed E-state index contributed by atoms with van der Waals surface area (Å²) in [6.07, 6.45) is 4.08. The maximum absolute atomic E-state index is 12.3. The van der Waals surface area contributed by atoms with E-state index in [1.54, 1.807) is 0 Å². The lowest BCUT2D eigenvalue weighted by Crippen LogP contribution is -2.20. The van der Waals surface area contributed by atoms with E-state index in [4.69, 9.17) is 9.72 Å². The van der Waals surface area contributed by atoms with Crippen molar-refractivity contribution in [2.75, 3.05) is 6.61 Å². The van der Waals surface area contributed by atoms with Gasteiger partial charge in [0.1, 0.15) is 11.7 Å². The smallest absolute Gasteiger partial charge is 0.316 e. The Labute approximate surface area is 125 Å². The number of para-hydroxylation sites is 2. The van der Waals surface area contributed by atoms with Gasteiger partial charge < -0.3 is 9.30 Å². The molecule has 1 atom stereocenters. The van der Waals surface area contributed by atoms with Crippen LogP contribution in [0.3, 0.4) is 0 Å². The molecule has 1 saturated carbocycles. The van der Waals surface area contributed by atoms with Gasteiger partial charge in [-0.15, -0.1) is 0 Å². The van der Waals surface area contributed by atoms with E-state index < -0.39 is 0 Å². The van der Waals surface area contributed by atoms with Gasteiger partial charge in [-0.3, -0.25) is 4.79 Å². The van der Waals surface area contributed by atoms with E-state index in [1.807, 2.05) is 25.1 Å². The monoisotopic (exact) mass is 286 g/mol. The highest BCUT2D eigenvalue weighted by Gasteiger charge is 2.33. The summed E-state index contributed by atoms with van der Waals surface area (Å²) in [6.45, 7) is 4.36. The molecule has 0 aliphatic heterocycles. The summed E-state index contributed by atoms with van der Waals surface area (Å²) >= 11 is 0. The molecule has 21 heavy (non-hydrogen) atoms. The van der Waals surface area contributed by atoms with Crippen LogP contribution in [-0.2, 0) is 9.53 Å². The third-order valence-corrected chi connectivity index (χ3v) is 4.00. The van der Waals surface area contributed by atoms with E-state index in [-0.39, 0.29) is 11.9 Å². The first-order valence-corrected chi connectivity index (χ1v) is 7.89. The molecule has 1 aliphatic rings. The number of carbonyl (C=O) groups is 1. The zero-order chi connectivity index (χ0) is 14.8. The quantitative estimate of drug-likeness (QED) is 0.758. The second-order valence-corrected chi connectivity index (χ2v) is 5.65. The number of aromatic nitrogens is 2. The van der Waals surface area contributed by atoms with Crippen molar-refractivity contribution in [3.05, 3.63) is 30.1 Å². The van der Waals surface area contributed by atoms with Crippen LogP contribution in [0.2, 0.25) is 0 Å². The molecule has 0 N–H and O–H groups in total. The average Bonchev–Trinajstić information content (AvgIpc) is 3.25. The fourth-order valence-corrected chi connectivity index (χ4v) is 2.91. The number of carbonyl (C=O) groups excluding carboxylic acids is 1. The van der Waals surface area contributed by atoms with Gasteiger partial charge in [-0.1, -0.05) is 25.5 Å². The summed E-state index contributed by atoms with van der Waals surface area (Å²) in [6, 6.07) is 8.65. The lowest BCUT2D eigenvalue weighted by molar-refractivity contribution is -0.145. The van der Waals surface area contributed by atoms with Crippen LogP contribution < -0.4 is 0 Å². The van der Waals surface area contributed by atoms with Gasteiger partial charge in [0.25, 0.3) is 0 Å². The highest BCUT2D eigenvalue weighted by molar-refractivity contribution is 5.81. The maximum Gasteiger partial charge on any atom is 0.316 e. The largest absolute Gasteiger partial charge is 0.465 e. The predicted octanol–water partition coefficient (Wildman–Crippen LogP) is 3.82. The van der Waals surface area contributed by atoms with Crippen molar-refractivity contribution >= 4 is 17.0 Å². The van der Waals surface area contributed by atoms with E-state index in [0.29, 0.717) is 12.6 Å². The van der Waals surface area contributed by atoms with Crippen LogP contribution in [0, 0.1) is 0 Å². The summed E-state index contributed by atoms with van der Waals surface area (Å²) in [5, 5.41) is 0. The van der Waals surface area contributed by atoms with E-state index in [9.17, 15) is 4.79 Å². The lowest BCUT2D eigenvalue weighted by atomic mass is 10.0. The number of nitrogens with zero attached hydrogens (tertiary/aromatic N) is 2. The molecule has 3 rings (SSSR count). The first-order valence-electron chi connectivity index (χ1n) is 7.89. The Morgan fingerprint density at radius 1 is 1.38 bits per heavy atom. The van der Waals surface area contributed by atoms with Crippen molar-refractivity contribution in [3.63, 3.8) is 0 Å². The summed E-state index contributed by atoms with van der Waals surface area (Å²) < 4.78 is 7.54. The number of imidazole rings is 1. The molecular formula is C17H22N2O2. The molecule has 0 radical (unpaired) electrons. The Bertz CT molecular complexity index is 643. The predicted molar refractivity (Wildman–Crippen MR) is 82.3 cm³/mol. The van der Waals surface area contributed by atoms with Crippen molar-refractivity contribution < 1.29 is 9.53 Å². The Kier molecular flexibility index (Phi) is 3.95. The zero-order valence-corrected chi connectivity index (χ0v) is 12.7. The number of rotatable bonds is 6. The molecule has 1 aromatic carbocycles. The Morgan fingerprint density at radius 3 is 2.81 bits per heavy atom. The molecule has 4 nitrogen and oxygen atoms in total. The molecule has 0 bridgehead atoms. The lowest BCUT2D eigenvalue weighted by Gasteiger charge is -2.16. The van der Waals surface area contributed by atoms with Gasteiger partial charge >= 0.3 is 5.97 Å². The van der Waals surface area contributed by atoms with Crippen molar-refractivity contribution in [3.8, 4) is 0 Å². The van der Waals surface area contributed by atoms with Crippen LogP contribution in [0.15, 0.2) is 24.3 Å². The number of hydrogen-bond acceptors (Lipinski definition) is 3. The second-order valence-electron chi connectivity index (χ2n) is 5.65. The summed E-state index contributed by atoms with van der Waals surface area (Å²) in [4.78, 5) is 17.1. The van der Waals surface area contributed by atoms with Crippen LogP contribution in [-0.4, -0.2) is 22.1 Å². The molecule has 0 saturated heterocycles. The molecule has 2 aromatic rings. The molecule has 0 amide bonds. The van der Waals surface area contributed by atoms with Crippen molar-refractivity contribution in [1.82, 2.24) is 9.55 Å². The van der Waals surface area contributed by atoms with Crippen molar-refractivity contribution in [1.29, 1.82) is 0 Å². The number of hydrogen-bond donors (Lipinski definition) is 0. The molecular weight excluding hydrogens is 264 g/mol. The first-order chi connectivity index (χ1) is 10.3. The fraction of sp³-hybridized carbons (Fsp3) is 0.529. The number of benzene rings is 1.